The first-order chi connectivity index (χ1) is 6.14. The Balaban J connectivity index is 2.44. The molecular weight excluding hydrogens is 181 g/mol. The van der Waals surface area contributed by atoms with E-state index in [1.54, 1.807) is 0 Å². The maximum absolute atomic E-state index is 12.3. The molecule has 0 saturated carbocycles. The van der Waals surface area contributed by atoms with Gasteiger partial charge in [-0.25, -0.2) is 4.39 Å². The van der Waals surface area contributed by atoms with Crippen LogP contribution in [0.3, 0.4) is 0 Å². The van der Waals surface area contributed by atoms with Gasteiger partial charge in [0, 0.05) is 0 Å². The zero-order valence-electron chi connectivity index (χ0n) is 6.77. The molecule has 0 bridgehead atoms. The van der Waals surface area contributed by atoms with Gasteiger partial charge in [0.05, 0.1) is 0 Å². The molecule has 0 aliphatic carbocycles. The smallest absolute Gasteiger partial charge is 0.309 e. The fourth-order valence-electron chi connectivity index (χ4n) is 0.695. The highest BCUT2D eigenvalue weighted by molar-refractivity contribution is 5.20. The van der Waals surface area contributed by atoms with E-state index < -0.39 is 19.2 Å². The Bertz CT molecular complexity index is 248. The quantitative estimate of drug-likeness (QED) is 0.706. The van der Waals surface area contributed by atoms with Gasteiger partial charge in [-0.2, -0.15) is 8.78 Å². The molecule has 0 amide bonds. The highest BCUT2D eigenvalue weighted by Gasteiger charge is 2.29. The summed E-state index contributed by atoms with van der Waals surface area (Å²) in [7, 11) is 0. The normalized spacial score (nSPS) is 11.3. The third-order valence-electron chi connectivity index (χ3n) is 1.33. The van der Waals surface area contributed by atoms with Crippen LogP contribution in [0.15, 0.2) is 24.3 Å². The van der Waals surface area contributed by atoms with Gasteiger partial charge < -0.3 is 4.74 Å². The van der Waals surface area contributed by atoms with Gasteiger partial charge >= 0.3 is 5.92 Å². The van der Waals surface area contributed by atoms with Gasteiger partial charge in [-0.3, -0.25) is 0 Å². The molecular formula is C9H8F3O. The maximum atomic E-state index is 12.3. The predicted octanol–water partition coefficient (Wildman–Crippen LogP) is 2.47. The summed E-state index contributed by atoms with van der Waals surface area (Å²) in [4.78, 5) is 0. The average Bonchev–Trinajstić information content (AvgIpc) is 2.17. The molecule has 1 rings (SSSR count). The lowest BCUT2D eigenvalue weighted by Crippen LogP contribution is -2.27. The fourth-order valence-corrected chi connectivity index (χ4v) is 0.695. The van der Waals surface area contributed by atoms with E-state index in [0.717, 1.165) is 0 Å². The van der Waals surface area contributed by atoms with Crippen molar-refractivity contribution < 1.29 is 17.9 Å². The van der Waals surface area contributed by atoms with Crippen LogP contribution < -0.4 is 4.74 Å². The van der Waals surface area contributed by atoms with Gasteiger partial charge in [-0.05, 0) is 18.2 Å². The van der Waals surface area contributed by atoms with Crippen molar-refractivity contribution in [1.29, 1.82) is 0 Å². The topological polar surface area (TPSA) is 9.23 Å². The van der Waals surface area contributed by atoms with Gasteiger partial charge in [0.15, 0.2) is 13.3 Å². The molecule has 1 aromatic carbocycles. The lowest BCUT2D eigenvalue weighted by atomic mass is 10.3. The summed E-state index contributed by atoms with van der Waals surface area (Å²) >= 11 is 0. The summed E-state index contributed by atoms with van der Waals surface area (Å²) in [5, 5.41) is 0. The predicted molar refractivity (Wildman–Crippen MR) is 41.7 cm³/mol. The molecule has 1 radical (unpaired) electrons. The summed E-state index contributed by atoms with van der Waals surface area (Å²) in [5.74, 6) is -3.12. The van der Waals surface area contributed by atoms with Crippen molar-refractivity contribution >= 4 is 0 Å². The van der Waals surface area contributed by atoms with Gasteiger partial charge in [0.25, 0.3) is 0 Å². The van der Waals surface area contributed by atoms with E-state index in [4.69, 9.17) is 0 Å². The Morgan fingerprint density at radius 3 is 2.46 bits per heavy atom. The minimum absolute atomic E-state index is 0.284. The zero-order chi connectivity index (χ0) is 9.73. The van der Waals surface area contributed by atoms with Crippen LogP contribution in [0.1, 0.15) is 0 Å². The van der Waals surface area contributed by atoms with Crippen molar-refractivity contribution in [1.82, 2.24) is 0 Å². The third kappa shape index (κ3) is 3.36. The molecule has 4 heteroatoms. The summed E-state index contributed by atoms with van der Waals surface area (Å²) in [6, 6.07) is 8.72. The second kappa shape index (κ2) is 4.16. The second-order valence-corrected chi connectivity index (χ2v) is 2.51. The number of alkyl halides is 3. The molecule has 0 fully saturated rings. The van der Waals surface area contributed by atoms with Crippen LogP contribution >= 0.6 is 0 Å². The molecule has 0 atom stereocenters. The van der Waals surface area contributed by atoms with Gasteiger partial charge in [0.1, 0.15) is 5.75 Å². The number of halogens is 3. The molecule has 0 N–H and O–H groups in total. The summed E-state index contributed by atoms with van der Waals surface area (Å²) < 4.78 is 41.0. The first kappa shape index (κ1) is 9.89. The lowest BCUT2D eigenvalue weighted by molar-refractivity contribution is -0.0584. The van der Waals surface area contributed by atoms with Gasteiger partial charge in [-0.1, -0.05) is 12.1 Å². The maximum Gasteiger partial charge on any atom is 0.309 e. The monoisotopic (exact) mass is 189 g/mol. The molecule has 13 heavy (non-hydrogen) atoms. The van der Waals surface area contributed by atoms with Crippen molar-refractivity contribution in [2.75, 3.05) is 13.3 Å². The number of hydrogen-bond donors (Lipinski definition) is 0. The minimum Gasteiger partial charge on any atom is -0.487 e. The van der Waals surface area contributed by atoms with Crippen molar-refractivity contribution in [2.24, 2.45) is 0 Å². The Kier molecular flexibility index (Phi) is 3.17. The molecule has 0 saturated heterocycles. The highest BCUT2D eigenvalue weighted by atomic mass is 19.3. The molecule has 0 heterocycles. The molecule has 0 unspecified atom stereocenters. The Morgan fingerprint density at radius 1 is 1.31 bits per heavy atom. The summed E-state index contributed by atoms with van der Waals surface area (Å²) in [6.45, 7) is -2.64. The van der Waals surface area contributed by atoms with Crippen molar-refractivity contribution in [3.63, 3.8) is 0 Å². The van der Waals surface area contributed by atoms with Crippen LogP contribution in [0, 0.1) is 6.07 Å². The van der Waals surface area contributed by atoms with E-state index in [2.05, 4.69) is 10.8 Å². The molecule has 0 aromatic heterocycles. The van der Waals surface area contributed by atoms with E-state index in [9.17, 15) is 13.2 Å². The SMILES string of the molecule is FCC(F)(F)COc1cc[c]cc1. The standard InChI is InChI=1S/C9H8F3O/c10-6-9(11,12)7-13-8-4-2-1-3-5-8/h2-5H,6-7H2. The van der Waals surface area contributed by atoms with Crippen molar-refractivity contribution in [3.8, 4) is 5.75 Å². The summed E-state index contributed by atoms with van der Waals surface area (Å²) in [5.41, 5.74) is 0. The first-order valence-corrected chi connectivity index (χ1v) is 3.67. The van der Waals surface area contributed by atoms with Gasteiger partial charge in [0.2, 0.25) is 0 Å². The van der Waals surface area contributed by atoms with Crippen molar-refractivity contribution in [3.05, 3.63) is 30.3 Å². The number of rotatable bonds is 4. The minimum atomic E-state index is -3.40. The van der Waals surface area contributed by atoms with E-state index in [0.29, 0.717) is 0 Å². The van der Waals surface area contributed by atoms with Gasteiger partial charge in [-0.15, -0.1) is 0 Å². The average molecular weight is 189 g/mol. The molecule has 1 aromatic rings. The van der Waals surface area contributed by atoms with E-state index >= 15 is 0 Å². The molecule has 0 aliphatic heterocycles. The second-order valence-electron chi connectivity index (χ2n) is 2.51. The van der Waals surface area contributed by atoms with Crippen LogP contribution in [-0.4, -0.2) is 19.2 Å². The fraction of sp³-hybridized carbons (Fsp3) is 0.333. The zero-order valence-corrected chi connectivity index (χ0v) is 6.77. The van der Waals surface area contributed by atoms with E-state index in [-0.39, 0.29) is 5.75 Å². The lowest BCUT2D eigenvalue weighted by Gasteiger charge is -2.12. The number of ether oxygens (including phenoxy) is 1. The Morgan fingerprint density at radius 2 is 1.92 bits per heavy atom. The van der Waals surface area contributed by atoms with Crippen LogP contribution in [0.2, 0.25) is 0 Å². The highest BCUT2D eigenvalue weighted by Crippen LogP contribution is 2.17. The largest absolute Gasteiger partial charge is 0.487 e. The Hall–Kier alpha value is -1.19. The molecule has 71 valence electrons. The first-order valence-electron chi connectivity index (χ1n) is 3.67. The Labute approximate surface area is 74.1 Å². The van der Waals surface area contributed by atoms with Crippen LogP contribution in [0.25, 0.3) is 0 Å². The van der Waals surface area contributed by atoms with Crippen LogP contribution in [-0.2, 0) is 0 Å². The molecule has 0 spiro atoms. The number of benzene rings is 1. The van der Waals surface area contributed by atoms with Crippen LogP contribution in [0.4, 0.5) is 13.2 Å². The van der Waals surface area contributed by atoms with Crippen molar-refractivity contribution in [2.45, 2.75) is 5.92 Å². The molecule has 0 aliphatic rings. The molecule has 1 nitrogen and oxygen atoms in total. The summed E-state index contributed by atoms with van der Waals surface area (Å²) in [6.07, 6.45) is 0. The third-order valence-corrected chi connectivity index (χ3v) is 1.33. The van der Waals surface area contributed by atoms with Crippen LogP contribution in [0.5, 0.6) is 5.75 Å². The van der Waals surface area contributed by atoms with E-state index in [1.807, 2.05) is 0 Å². The van der Waals surface area contributed by atoms with E-state index in [1.165, 1.54) is 24.3 Å². The number of hydrogen-bond acceptors (Lipinski definition) is 1.